The molecule has 0 saturated heterocycles. The molecule has 0 fully saturated rings. The summed E-state index contributed by atoms with van der Waals surface area (Å²) in [6, 6.07) is -1.42. The number of nitrogens with zero attached hydrogens (tertiary/aromatic N) is 5. The Morgan fingerprint density at radius 1 is 0.603 bits per heavy atom. The minimum Gasteiger partial charge on any atom is -0.377 e. The first-order chi connectivity index (χ1) is 32.9. The molecule has 2 aromatic rings. The average molecular weight is 965 g/mol. The molecule has 0 spiro atoms. The Balaban J connectivity index is 1.27. The first kappa shape index (κ1) is 59.6. The van der Waals surface area contributed by atoms with Crippen LogP contribution in [-0.4, -0.2) is 193 Å². The zero-order valence-corrected chi connectivity index (χ0v) is 41.1. The van der Waals surface area contributed by atoms with E-state index in [0.717, 1.165) is 5.82 Å². The van der Waals surface area contributed by atoms with Crippen molar-refractivity contribution in [2.24, 2.45) is 11.8 Å². The summed E-state index contributed by atoms with van der Waals surface area (Å²) < 4.78 is 56.4. The molecule has 3 N–H and O–H groups in total. The van der Waals surface area contributed by atoms with Crippen LogP contribution in [0.4, 0.5) is 0 Å². The van der Waals surface area contributed by atoms with E-state index < -0.39 is 23.9 Å². The van der Waals surface area contributed by atoms with Gasteiger partial charge in [0.2, 0.25) is 17.7 Å². The molecule has 68 heavy (non-hydrogen) atoms. The van der Waals surface area contributed by atoms with Crippen LogP contribution in [0.15, 0.2) is 18.6 Å². The van der Waals surface area contributed by atoms with Gasteiger partial charge in [0.1, 0.15) is 37.4 Å². The Kier molecular flexibility index (Phi) is 33.6. The summed E-state index contributed by atoms with van der Waals surface area (Å²) in [4.78, 5) is 57.7. The molecule has 0 aliphatic carbocycles. The summed E-state index contributed by atoms with van der Waals surface area (Å²) in [5, 5.41) is 16.2. The molecule has 0 aromatic carbocycles. The lowest BCUT2D eigenvalue weighted by Gasteiger charge is -2.24. The first-order valence-corrected chi connectivity index (χ1v) is 23.2. The van der Waals surface area contributed by atoms with Gasteiger partial charge in [-0.2, -0.15) is 0 Å². The molecule has 0 unspecified atom stereocenters. The van der Waals surface area contributed by atoms with Crippen molar-refractivity contribution in [3.8, 4) is 11.8 Å². The third kappa shape index (κ3) is 30.1. The Labute approximate surface area is 401 Å². The first-order valence-electron chi connectivity index (χ1n) is 23.2. The van der Waals surface area contributed by atoms with E-state index >= 15 is 0 Å². The van der Waals surface area contributed by atoms with Crippen molar-refractivity contribution in [2.75, 3.05) is 132 Å². The van der Waals surface area contributed by atoms with E-state index in [4.69, 9.17) is 47.4 Å². The van der Waals surface area contributed by atoms with Crippen molar-refractivity contribution in [1.82, 2.24) is 40.9 Å². The minimum absolute atomic E-state index is 0.0745. The van der Waals surface area contributed by atoms with E-state index in [1.165, 1.54) is 0 Å². The fraction of sp³-hybridized carbons (Fsp3) is 0.739. The molecule has 22 nitrogen and oxygen atoms in total. The maximum atomic E-state index is 12.6. The quantitative estimate of drug-likeness (QED) is 0.0618. The molecule has 2 rings (SSSR count). The number of hydrogen-bond donors (Lipinski definition) is 3. The summed E-state index contributed by atoms with van der Waals surface area (Å²) in [5.41, 5.74) is 1.30. The molecule has 2 aromatic heterocycles. The number of nitrogens with one attached hydrogen (secondary N) is 3. The van der Waals surface area contributed by atoms with Crippen molar-refractivity contribution >= 4 is 23.5 Å². The highest BCUT2D eigenvalue weighted by molar-refractivity contribution is 5.93. The van der Waals surface area contributed by atoms with Crippen LogP contribution in [0, 0.1) is 23.7 Å². The van der Waals surface area contributed by atoms with Crippen LogP contribution in [0.1, 0.15) is 71.5 Å². The van der Waals surface area contributed by atoms with Gasteiger partial charge in [0.05, 0.1) is 143 Å². The second-order valence-electron chi connectivity index (χ2n) is 16.1. The number of carbonyl (C=O) groups is 4. The number of carbonyl (C=O) groups excluding carboxylic acids is 4. The Morgan fingerprint density at radius 3 is 1.54 bits per heavy atom. The number of rotatable bonds is 41. The Hall–Kier alpha value is -4.54. The number of ketones is 1. The van der Waals surface area contributed by atoms with E-state index in [0.29, 0.717) is 117 Å². The smallest absolute Gasteiger partial charge is 0.246 e. The molecule has 2 heterocycles. The van der Waals surface area contributed by atoms with Crippen LogP contribution >= 0.6 is 0 Å². The average Bonchev–Trinajstić information content (AvgIpc) is 3.78. The van der Waals surface area contributed by atoms with Crippen molar-refractivity contribution in [1.29, 1.82) is 0 Å². The normalized spacial score (nSPS) is 12.3. The molecular weight excluding hydrogens is 889 g/mol. The summed E-state index contributed by atoms with van der Waals surface area (Å²) in [7, 11) is 0. The molecular formula is C46H76N8O14. The van der Waals surface area contributed by atoms with Gasteiger partial charge in [-0.15, -0.1) is 5.10 Å². The third-order valence-corrected chi connectivity index (χ3v) is 9.18. The molecule has 3 amide bonds. The van der Waals surface area contributed by atoms with Gasteiger partial charge in [0.25, 0.3) is 0 Å². The van der Waals surface area contributed by atoms with Crippen LogP contribution < -0.4 is 16.0 Å². The Morgan fingerprint density at radius 2 is 1.07 bits per heavy atom. The van der Waals surface area contributed by atoms with E-state index in [-0.39, 0.29) is 69.0 Å². The zero-order valence-electron chi connectivity index (χ0n) is 41.1. The predicted molar refractivity (Wildman–Crippen MR) is 247 cm³/mol. The molecule has 0 bridgehead atoms. The third-order valence-electron chi connectivity index (χ3n) is 9.18. The van der Waals surface area contributed by atoms with Gasteiger partial charge in [-0.3, -0.25) is 19.2 Å². The second kappa shape index (κ2) is 38.3. The molecule has 22 heteroatoms. The SMILES string of the molecule is CC(C)C(=O)[C@H](C)NC(=O)[C@@H](NC(=O)COCCOCCOCCOCCOCCOCCOCCOCCOCCn1cc(CNC(=O)COCC#Cc2cnc(C(C)C)nc2)nn1)C(C)C. The highest BCUT2D eigenvalue weighted by atomic mass is 16.6. The Bertz CT molecular complexity index is 1720. The fourth-order valence-corrected chi connectivity index (χ4v) is 5.51. The van der Waals surface area contributed by atoms with Gasteiger partial charge in [0, 0.05) is 24.2 Å². The molecule has 0 saturated carbocycles. The molecule has 2 atom stereocenters. The topological polar surface area (TPSA) is 253 Å². The maximum absolute atomic E-state index is 12.6. The van der Waals surface area contributed by atoms with Gasteiger partial charge in [-0.25, -0.2) is 14.6 Å². The van der Waals surface area contributed by atoms with E-state index in [1.54, 1.807) is 44.0 Å². The summed E-state index contributed by atoms with van der Waals surface area (Å²) in [6.45, 7) is 20.3. The van der Waals surface area contributed by atoms with Gasteiger partial charge >= 0.3 is 0 Å². The predicted octanol–water partition coefficient (Wildman–Crippen LogP) is 0.896. The number of hydrogen-bond acceptors (Lipinski definition) is 18. The summed E-state index contributed by atoms with van der Waals surface area (Å²) in [5.74, 6) is 5.21. The van der Waals surface area contributed by atoms with Crippen molar-refractivity contribution in [3.63, 3.8) is 0 Å². The molecule has 0 aliphatic heterocycles. The van der Waals surface area contributed by atoms with Gasteiger partial charge < -0.3 is 63.3 Å². The molecule has 384 valence electrons. The minimum atomic E-state index is -0.782. The van der Waals surface area contributed by atoms with E-state index in [1.807, 2.05) is 27.7 Å². The van der Waals surface area contributed by atoms with Crippen LogP contribution in [0.2, 0.25) is 0 Å². The molecule has 0 radical (unpaired) electrons. The lowest BCUT2D eigenvalue weighted by Crippen LogP contribution is -2.54. The largest absolute Gasteiger partial charge is 0.377 e. The summed E-state index contributed by atoms with van der Waals surface area (Å²) in [6.07, 6.45) is 5.09. The van der Waals surface area contributed by atoms with Crippen LogP contribution in [0.3, 0.4) is 0 Å². The number of ether oxygens (including phenoxy) is 10. The highest BCUT2D eigenvalue weighted by Crippen LogP contribution is 2.07. The lowest BCUT2D eigenvalue weighted by atomic mass is 10.0. The van der Waals surface area contributed by atoms with E-state index in [9.17, 15) is 19.2 Å². The fourth-order valence-electron chi connectivity index (χ4n) is 5.51. The van der Waals surface area contributed by atoms with Gasteiger partial charge in [-0.1, -0.05) is 58.6 Å². The van der Waals surface area contributed by atoms with Crippen LogP contribution in [-0.2, 0) is 79.6 Å². The highest BCUT2D eigenvalue weighted by Gasteiger charge is 2.27. The van der Waals surface area contributed by atoms with Crippen molar-refractivity contribution in [3.05, 3.63) is 35.7 Å². The number of amides is 3. The van der Waals surface area contributed by atoms with Crippen LogP contribution in [0.25, 0.3) is 0 Å². The maximum Gasteiger partial charge on any atom is 0.246 e. The van der Waals surface area contributed by atoms with Crippen molar-refractivity contribution < 1.29 is 66.5 Å². The van der Waals surface area contributed by atoms with Crippen LogP contribution in [0.5, 0.6) is 0 Å². The standard InChI is InChI=1S/C46H76N8O14/c1-35(2)43(46(58)50-38(7)44(57)36(3)4)51-42(56)34-68-28-27-66-26-25-65-24-23-64-22-21-63-20-19-62-18-17-61-16-15-60-14-13-59-12-10-54-32-40(52-53-54)31-47-41(55)33-67-11-8-9-39-29-48-45(37(5)6)49-30-39/h29-30,32,35-38,43H,10-28,31,33-34H2,1-7H3,(H,47,55)(H,50,58)(H,51,56)/t38-,43-/m0/s1. The van der Waals surface area contributed by atoms with Gasteiger partial charge in [-0.05, 0) is 12.8 Å². The van der Waals surface area contributed by atoms with Crippen molar-refractivity contribution in [2.45, 2.75) is 79.6 Å². The monoisotopic (exact) mass is 965 g/mol. The molecule has 0 aliphatic rings. The van der Waals surface area contributed by atoms with E-state index in [2.05, 4.69) is 48.1 Å². The van der Waals surface area contributed by atoms with Gasteiger partial charge in [0.15, 0.2) is 5.78 Å². The number of aromatic nitrogens is 5. The zero-order chi connectivity index (χ0) is 49.6. The second-order valence-corrected chi connectivity index (χ2v) is 16.1. The lowest BCUT2D eigenvalue weighted by molar-refractivity contribution is -0.134. The number of Topliss-reactive ketones (excluding diaryl/α,β-unsaturated/α-hetero) is 1. The summed E-state index contributed by atoms with van der Waals surface area (Å²) >= 11 is 0.